The van der Waals surface area contributed by atoms with Gasteiger partial charge in [0.15, 0.2) is 0 Å². The molecule has 3 aliphatic heterocycles. The third kappa shape index (κ3) is 3.32. The second-order valence-corrected chi connectivity index (χ2v) is 9.59. The summed E-state index contributed by atoms with van der Waals surface area (Å²) in [5.74, 6) is -4.03. The number of carbonyl (C=O) groups excluding carboxylic acids is 3. The van der Waals surface area contributed by atoms with E-state index >= 15 is 0 Å². The minimum atomic E-state index is -1.48. The molecule has 2 saturated heterocycles. The number of halogens is 1. The number of imide groups is 1. The summed E-state index contributed by atoms with van der Waals surface area (Å²) in [6, 6.07) is 12.3. The number of benzene rings is 2. The van der Waals surface area contributed by atoms with Crippen LogP contribution in [0.4, 0.5) is 5.69 Å². The number of rotatable bonds is 6. The highest BCUT2D eigenvalue weighted by Crippen LogP contribution is 2.54. The molecule has 4 atom stereocenters. The zero-order chi connectivity index (χ0) is 24.2. The number of nitrogens with one attached hydrogen (secondary N) is 2. The monoisotopic (exact) mass is 481 g/mol. The van der Waals surface area contributed by atoms with Crippen LogP contribution in [0.1, 0.15) is 29.5 Å². The Hall–Kier alpha value is -3.23. The third-order valence-electron chi connectivity index (χ3n) is 7.21. The fourth-order valence-corrected chi connectivity index (χ4v) is 6.00. The van der Waals surface area contributed by atoms with Gasteiger partial charge < -0.3 is 10.4 Å². The maximum atomic E-state index is 13.7. The van der Waals surface area contributed by atoms with Crippen LogP contribution in [0.3, 0.4) is 0 Å². The van der Waals surface area contributed by atoms with Crippen molar-refractivity contribution in [3.8, 4) is 0 Å². The number of likely N-dealkylation sites (tertiary alicyclic amines) is 1. The molecule has 3 amide bonds. The van der Waals surface area contributed by atoms with Crippen molar-refractivity contribution in [1.82, 2.24) is 10.2 Å². The highest BCUT2D eigenvalue weighted by atomic mass is 35.5. The van der Waals surface area contributed by atoms with Gasteiger partial charge in [-0.3, -0.25) is 29.4 Å². The van der Waals surface area contributed by atoms with Crippen LogP contribution in [-0.2, 0) is 31.1 Å². The van der Waals surface area contributed by atoms with Crippen molar-refractivity contribution in [2.75, 3.05) is 11.9 Å². The highest BCUT2D eigenvalue weighted by molar-refractivity contribution is 6.31. The first kappa shape index (κ1) is 22.6. The van der Waals surface area contributed by atoms with Crippen molar-refractivity contribution >= 4 is 41.0 Å². The number of carboxylic acid groups (broad SMARTS) is 1. The molecular formula is C25H24ClN3O5. The van der Waals surface area contributed by atoms with E-state index in [-0.39, 0.29) is 25.3 Å². The summed E-state index contributed by atoms with van der Waals surface area (Å²) < 4.78 is 0. The highest BCUT2D eigenvalue weighted by Gasteiger charge is 2.70. The first-order valence-electron chi connectivity index (χ1n) is 11.2. The molecule has 2 aromatic carbocycles. The summed E-state index contributed by atoms with van der Waals surface area (Å²) >= 11 is 6.32. The molecule has 34 heavy (non-hydrogen) atoms. The number of aliphatic carboxylic acids is 1. The number of fused-ring (bicyclic) bond motifs is 4. The van der Waals surface area contributed by atoms with E-state index in [0.717, 1.165) is 11.1 Å². The summed E-state index contributed by atoms with van der Waals surface area (Å²) in [5.41, 5.74) is 1.36. The van der Waals surface area contributed by atoms with Crippen LogP contribution in [0.25, 0.3) is 0 Å². The normalized spacial score (nSPS) is 27.3. The van der Waals surface area contributed by atoms with Gasteiger partial charge in [0.05, 0.1) is 11.8 Å². The fourth-order valence-electron chi connectivity index (χ4n) is 5.73. The summed E-state index contributed by atoms with van der Waals surface area (Å²) in [5, 5.41) is 15.8. The van der Waals surface area contributed by atoms with Gasteiger partial charge in [-0.1, -0.05) is 41.9 Å². The third-order valence-corrected chi connectivity index (χ3v) is 7.43. The van der Waals surface area contributed by atoms with Crippen LogP contribution in [0.2, 0.25) is 5.02 Å². The Morgan fingerprint density at radius 1 is 1.15 bits per heavy atom. The van der Waals surface area contributed by atoms with Gasteiger partial charge in [0.1, 0.15) is 5.54 Å². The second kappa shape index (κ2) is 8.21. The Morgan fingerprint density at radius 3 is 2.59 bits per heavy atom. The molecule has 3 aliphatic rings. The number of aryl methyl sites for hydroxylation is 1. The van der Waals surface area contributed by atoms with E-state index in [0.29, 0.717) is 22.7 Å². The second-order valence-electron chi connectivity index (χ2n) is 9.16. The Kier molecular flexibility index (Phi) is 5.45. The molecule has 0 aromatic heterocycles. The average molecular weight is 482 g/mol. The number of carbonyl (C=O) groups is 4. The summed E-state index contributed by atoms with van der Waals surface area (Å²) in [6.45, 7) is 2.01. The van der Waals surface area contributed by atoms with Crippen molar-refractivity contribution in [3.63, 3.8) is 0 Å². The Balaban J connectivity index is 1.55. The van der Waals surface area contributed by atoms with Crippen molar-refractivity contribution in [2.45, 2.75) is 37.8 Å². The molecule has 2 aromatic rings. The zero-order valence-electron chi connectivity index (χ0n) is 18.5. The van der Waals surface area contributed by atoms with E-state index in [4.69, 9.17) is 11.6 Å². The average Bonchev–Trinajstić information content (AvgIpc) is 3.37. The number of nitrogens with zero attached hydrogens (tertiary/aromatic N) is 1. The molecule has 0 bridgehead atoms. The Bertz CT molecular complexity index is 1220. The molecule has 5 rings (SSSR count). The summed E-state index contributed by atoms with van der Waals surface area (Å²) in [6.07, 6.45) is 0.420. The first-order chi connectivity index (χ1) is 16.2. The maximum absolute atomic E-state index is 13.7. The summed E-state index contributed by atoms with van der Waals surface area (Å²) in [4.78, 5) is 53.3. The van der Waals surface area contributed by atoms with Gasteiger partial charge in [-0.25, -0.2) is 0 Å². The van der Waals surface area contributed by atoms with Crippen molar-refractivity contribution < 1.29 is 24.3 Å². The number of hydrogen-bond acceptors (Lipinski definition) is 5. The smallest absolute Gasteiger partial charge is 0.303 e. The lowest BCUT2D eigenvalue weighted by molar-refractivity contribution is -0.143. The van der Waals surface area contributed by atoms with Crippen LogP contribution in [-0.4, -0.2) is 46.3 Å². The predicted molar refractivity (Wildman–Crippen MR) is 124 cm³/mol. The molecule has 1 spiro atoms. The number of hydrogen-bond donors (Lipinski definition) is 3. The van der Waals surface area contributed by atoms with Gasteiger partial charge in [0.2, 0.25) is 17.7 Å². The van der Waals surface area contributed by atoms with Crippen LogP contribution >= 0.6 is 11.6 Å². The van der Waals surface area contributed by atoms with Gasteiger partial charge in [-0.15, -0.1) is 0 Å². The molecule has 3 heterocycles. The van der Waals surface area contributed by atoms with E-state index in [1.807, 2.05) is 37.3 Å². The maximum Gasteiger partial charge on any atom is 0.303 e. The SMILES string of the molecule is Cc1cc(Cl)cc2c1NC(=O)C21NC(CCC(=O)O)C2C(=O)N(CCc3ccccc3)C(=O)C21. The van der Waals surface area contributed by atoms with Crippen LogP contribution < -0.4 is 10.6 Å². The van der Waals surface area contributed by atoms with Gasteiger partial charge in [-0.05, 0) is 43.0 Å². The number of carboxylic acids is 1. The van der Waals surface area contributed by atoms with Crippen molar-refractivity contribution in [3.05, 3.63) is 64.2 Å². The molecule has 176 valence electrons. The molecule has 3 N–H and O–H groups in total. The number of anilines is 1. The molecule has 4 unspecified atom stereocenters. The van der Waals surface area contributed by atoms with Crippen molar-refractivity contribution in [1.29, 1.82) is 0 Å². The number of amides is 3. The molecule has 0 radical (unpaired) electrons. The molecular weight excluding hydrogens is 458 g/mol. The summed E-state index contributed by atoms with van der Waals surface area (Å²) in [7, 11) is 0. The Labute approximate surface area is 201 Å². The lowest BCUT2D eigenvalue weighted by Crippen LogP contribution is -2.53. The van der Waals surface area contributed by atoms with E-state index in [1.165, 1.54) is 4.90 Å². The standard InChI is InChI=1S/C25H24ClN3O5/c1-13-11-15(26)12-16-21(13)27-24(34)25(16)20-19(17(28-25)7-8-18(30)31)22(32)29(23(20)33)10-9-14-5-3-2-4-6-14/h2-6,11-12,17,19-20,28H,7-10H2,1H3,(H,27,34)(H,30,31). The Morgan fingerprint density at radius 2 is 1.88 bits per heavy atom. The molecule has 2 fully saturated rings. The van der Waals surface area contributed by atoms with E-state index in [1.54, 1.807) is 12.1 Å². The lowest BCUT2D eigenvalue weighted by Gasteiger charge is -2.29. The van der Waals surface area contributed by atoms with Crippen LogP contribution in [0, 0.1) is 18.8 Å². The first-order valence-corrected chi connectivity index (χ1v) is 11.6. The molecule has 0 aliphatic carbocycles. The lowest BCUT2D eigenvalue weighted by atomic mass is 9.76. The molecule has 9 heteroatoms. The largest absolute Gasteiger partial charge is 0.481 e. The fraction of sp³-hybridized carbons (Fsp3) is 0.360. The zero-order valence-corrected chi connectivity index (χ0v) is 19.3. The van der Waals surface area contributed by atoms with E-state index in [2.05, 4.69) is 10.6 Å². The van der Waals surface area contributed by atoms with Gasteiger partial charge in [0.25, 0.3) is 0 Å². The minimum absolute atomic E-state index is 0.117. The quantitative estimate of drug-likeness (QED) is 0.546. The molecule has 8 nitrogen and oxygen atoms in total. The van der Waals surface area contributed by atoms with Gasteiger partial charge >= 0.3 is 5.97 Å². The predicted octanol–water partition coefficient (Wildman–Crippen LogP) is 2.48. The van der Waals surface area contributed by atoms with Gasteiger partial charge in [0, 0.05) is 35.3 Å². The van der Waals surface area contributed by atoms with Crippen molar-refractivity contribution in [2.24, 2.45) is 11.8 Å². The van der Waals surface area contributed by atoms with Gasteiger partial charge in [-0.2, -0.15) is 0 Å². The van der Waals surface area contributed by atoms with Crippen LogP contribution in [0.15, 0.2) is 42.5 Å². The van der Waals surface area contributed by atoms with Crippen LogP contribution in [0.5, 0.6) is 0 Å². The topological polar surface area (TPSA) is 116 Å². The van der Waals surface area contributed by atoms with E-state index < -0.39 is 41.2 Å². The molecule has 0 saturated carbocycles. The van der Waals surface area contributed by atoms with E-state index in [9.17, 15) is 24.3 Å². The minimum Gasteiger partial charge on any atom is -0.481 e.